The number of ether oxygens (including phenoxy) is 1. The number of hydrogen-bond acceptors (Lipinski definition) is 5. The van der Waals surface area contributed by atoms with Gasteiger partial charge in [-0.15, -0.1) is 11.3 Å². The second-order valence-electron chi connectivity index (χ2n) is 8.13. The summed E-state index contributed by atoms with van der Waals surface area (Å²) in [6.07, 6.45) is 4.92. The molecule has 3 N–H and O–H groups in total. The molecule has 1 aliphatic carbocycles. The van der Waals surface area contributed by atoms with Crippen LogP contribution in [-0.4, -0.2) is 36.7 Å². The van der Waals surface area contributed by atoms with Crippen molar-refractivity contribution < 1.29 is 19.4 Å². The Kier molecular flexibility index (Phi) is 8.12. The number of rotatable bonds is 11. The number of thiophene rings is 1. The van der Waals surface area contributed by atoms with Crippen LogP contribution in [0.5, 0.6) is 5.75 Å². The molecule has 0 spiro atoms. The van der Waals surface area contributed by atoms with Crippen LogP contribution in [0.1, 0.15) is 45.1 Å². The molecule has 1 fully saturated rings. The van der Waals surface area contributed by atoms with E-state index in [-0.39, 0.29) is 18.8 Å². The molecular formula is C27H28N2O4S. The summed E-state index contributed by atoms with van der Waals surface area (Å²) >= 11 is 1.70. The molecule has 2 aromatic carbocycles. The lowest BCUT2D eigenvalue weighted by Gasteiger charge is -2.11. The molecular weight excluding hydrogens is 448 g/mol. The SMILES string of the molecule is O=C(NCCO)/C(=C/c1ccc(C2CC2)cc1)NC(=O)c1ccc(OCCc2cccs2)cc1. The molecule has 34 heavy (non-hydrogen) atoms. The molecule has 1 saturated carbocycles. The topological polar surface area (TPSA) is 87.7 Å². The summed E-state index contributed by atoms with van der Waals surface area (Å²) in [5.41, 5.74) is 2.64. The maximum Gasteiger partial charge on any atom is 0.267 e. The van der Waals surface area contributed by atoms with Gasteiger partial charge in [0.05, 0.1) is 13.2 Å². The first kappa shape index (κ1) is 23.7. The Morgan fingerprint density at radius 1 is 1.06 bits per heavy atom. The molecule has 0 bridgehead atoms. The van der Waals surface area contributed by atoms with Gasteiger partial charge in [0, 0.05) is 23.4 Å². The van der Waals surface area contributed by atoms with Crippen molar-refractivity contribution in [3.8, 4) is 5.75 Å². The number of amides is 2. The van der Waals surface area contributed by atoms with Crippen LogP contribution in [0, 0.1) is 0 Å². The summed E-state index contributed by atoms with van der Waals surface area (Å²) in [7, 11) is 0. The maximum absolute atomic E-state index is 12.8. The number of benzene rings is 2. The lowest BCUT2D eigenvalue weighted by molar-refractivity contribution is -0.117. The normalized spacial score (nSPS) is 13.4. The Bertz CT molecular complexity index is 1120. The first-order valence-corrected chi connectivity index (χ1v) is 12.3. The van der Waals surface area contributed by atoms with Gasteiger partial charge in [-0.05, 0) is 71.7 Å². The summed E-state index contributed by atoms with van der Waals surface area (Å²) in [4.78, 5) is 26.7. The molecule has 176 valence electrons. The van der Waals surface area contributed by atoms with Crippen molar-refractivity contribution in [2.75, 3.05) is 19.8 Å². The zero-order valence-corrected chi connectivity index (χ0v) is 19.6. The van der Waals surface area contributed by atoms with E-state index in [1.54, 1.807) is 41.7 Å². The highest BCUT2D eigenvalue weighted by atomic mass is 32.1. The smallest absolute Gasteiger partial charge is 0.267 e. The molecule has 4 rings (SSSR count). The van der Waals surface area contributed by atoms with E-state index in [0.29, 0.717) is 23.8 Å². The summed E-state index contributed by atoms with van der Waals surface area (Å²) in [6.45, 7) is 0.477. The van der Waals surface area contributed by atoms with Crippen LogP contribution in [0.15, 0.2) is 71.7 Å². The fourth-order valence-electron chi connectivity index (χ4n) is 3.49. The van der Waals surface area contributed by atoms with E-state index in [2.05, 4.69) is 28.8 Å². The summed E-state index contributed by atoms with van der Waals surface area (Å²) < 4.78 is 5.76. The zero-order valence-electron chi connectivity index (χ0n) is 18.8. The minimum atomic E-state index is -0.456. The van der Waals surface area contributed by atoms with E-state index in [9.17, 15) is 9.59 Å². The van der Waals surface area contributed by atoms with Crippen molar-refractivity contribution in [1.29, 1.82) is 0 Å². The summed E-state index contributed by atoms with van der Waals surface area (Å²) in [6, 6.07) is 18.9. The first-order chi connectivity index (χ1) is 16.6. The molecule has 6 nitrogen and oxygen atoms in total. The average molecular weight is 477 g/mol. The van der Waals surface area contributed by atoms with Gasteiger partial charge in [-0.25, -0.2) is 0 Å². The fourth-order valence-corrected chi connectivity index (χ4v) is 4.18. The van der Waals surface area contributed by atoms with Gasteiger partial charge < -0.3 is 20.5 Å². The van der Waals surface area contributed by atoms with E-state index >= 15 is 0 Å². The van der Waals surface area contributed by atoms with Gasteiger partial charge in [0.25, 0.3) is 11.8 Å². The van der Waals surface area contributed by atoms with Gasteiger partial charge in [0.2, 0.25) is 0 Å². The minimum Gasteiger partial charge on any atom is -0.493 e. The molecule has 0 aliphatic heterocycles. The monoisotopic (exact) mass is 476 g/mol. The van der Waals surface area contributed by atoms with E-state index in [1.165, 1.54) is 23.3 Å². The molecule has 1 aromatic heterocycles. The highest BCUT2D eigenvalue weighted by molar-refractivity contribution is 7.09. The number of carbonyl (C=O) groups is 2. The van der Waals surface area contributed by atoms with Crippen molar-refractivity contribution in [2.24, 2.45) is 0 Å². The molecule has 0 radical (unpaired) electrons. The third kappa shape index (κ3) is 6.79. The van der Waals surface area contributed by atoms with Crippen molar-refractivity contribution in [2.45, 2.75) is 25.2 Å². The van der Waals surface area contributed by atoms with Gasteiger partial charge in [0.15, 0.2) is 0 Å². The van der Waals surface area contributed by atoms with E-state index < -0.39 is 11.8 Å². The molecule has 1 aliphatic rings. The highest BCUT2D eigenvalue weighted by Gasteiger charge is 2.23. The van der Waals surface area contributed by atoms with Crippen LogP contribution < -0.4 is 15.4 Å². The lowest BCUT2D eigenvalue weighted by atomic mass is 10.1. The molecule has 1 heterocycles. The van der Waals surface area contributed by atoms with Crippen molar-refractivity contribution in [3.05, 3.63) is 93.3 Å². The van der Waals surface area contributed by atoms with Gasteiger partial charge in [-0.1, -0.05) is 30.3 Å². The Labute approximate surface area is 203 Å². The quantitative estimate of drug-likeness (QED) is 0.363. The molecule has 0 atom stereocenters. The van der Waals surface area contributed by atoms with E-state index in [4.69, 9.17) is 9.84 Å². The number of nitrogens with one attached hydrogen (secondary N) is 2. The Morgan fingerprint density at radius 3 is 2.47 bits per heavy atom. The van der Waals surface area contributed by atoms with Gasteiger partial charge in [0.1, 0.15) is 11.4 Å². The van der Waals surface area contributed by atoms with Gasteiger partial charge in [-0.2, -0.15) is 0 Å². The second kappa shape index (κ2) is 11.6. The molecule has 0 unspecified atom stereocenters. The van der Waals surface area contributed by atoms with Gasteiger partial charge >= 0.3 is 0 Å². The van der Waals surface area contributed by atoms with Crippen LogP contribution in [0.3, 0.4) is 0 Å². The predicted molar refractivity (Wildman–Crippen MR) is 134 cm³/mol. The van der Waals surface area contributed by atoms with E-state index in [0.717, 1.165) is 12.0 Å². The summed E-state index contributed by atoms with van der Waals surface area (Å²) in [5.74, 6) is 0.473. The van der Waals surface area contributed by atoms with Crippen molar-refractivity contribution in [1.82, 2.24) is 10.6 Å². The van der Waals surface area contributed by atoms with Crippen molar-refractivity contribution >= 4 is 29.2 Å². The summed E-state index contributed by atoms with van der Waals surface area (Å²) in [5, 5.41) is 16.4. The predicted octanol–water partition coefficient (Wildman–Crippen LogP) is 4.13. The number of hydrogen-bond donors (Lipinski definition) is 3. The Morgan fingerprint density at radius 2 is 1.82 bits per heavy atom. The Hall–Kier alpha value is -3.42. The molecule has 2 amide bonds. The molecule has 3 aromatic rings. The zero-order chi connectivity index (χ0) is 23.8. The number of carbonyl (C=O) groups excluding carboxylic acids is 2. The second-order valence-corrected chi connectivity index (χ2v) is 9.17. The standard InChI is InChI=1S/C27H28N2O4S/c30-15-14-28-27(32)25(18-19-3-5-20(6-4-19)21-7-8-21)29-26(31)22-9-11-23(12-10-22)33-16-13-24-2-1-17-34-24/h1-6,9-12,17-18,21,30H,7-8,13-16H2,(H,28,32)(H,29,31)/b25-18-. The van der Waals surface area contributed by atoms with Crippen LogP contribution in [0.25, 0.3) is 6.08 Å². The fraction of sp³-hybridized carbons (Fsp3) is 0.259. The van der Waals surface area contributed by atoms with Crippen LogP contribution in [0.2, 0.25) is 0 Å². The third-order valence-corrected chi connectivity index (χ3v) is 6.44. The largest absolute Gasteiger partial charge is 0.493 e. The van der Waals surface area contributed by atoms with Crippen LogP contribution >= 0.6 is 11.3 Å². The highest BCUT2D eigenvalue weighted by Crippen LogP contribution is 2.39. The van der Waals surface area contributed by atoms with Crippen LogP contribution in [0.4, 0.5) is 0 Å². The Balaban J connectivity index is 1.40. The first-order valence-electron chi connectivity index (χ1n) is 11.4. The lowest BCUT2D eigenvalue weighted by Crippen LogP contribution is -2.36. The molecule has 0 saturated heterocycles. The maximum atomic E-state index is 12.8. The van der Waals surface area contributed by atoms with Gasteiger partial charge in [-0.3, -0.25) is 9.59 Å². The van der Waals surface area contributed by atoms with Crippen molar-refractivity contribution in [3.63, 3.8) is 0 Å². The average Bonchev–Trinajstić information content (AvgIpc) is 3.58. The van der Waals surface area contributed by atoms with E-state index in [1.807, 2.05) is 23.6 Å². The molecule has 7 heteroatoms. The van der Waals surface area contributed by atoms with Crippen LogP contribution in [-0.2, 0) is 11.2 Å². The third-order valence-electron chi connectivity index (χ3n) is 5.50. The number of aliphatic hydroxyl groups is 1. The minimum absolute atomic E-state index is 0.101. The number of aliphatic hydroxyl groups excluding tert-OH is 1.